The normalized spacial score (nSPS) is 10.6. The lowest BCUT2D eigenvalue weighted by atomic mass is 10.2. The number of ether oxygens (including phenoxy) is 1. The van der Waals surface area contributed by atoms with E-state index in [0.717, 1.165) is 22.0 Å². The molecule has 0 aliphatic heterocycles. The molecule has 1 amide bonds. The molecular formula is C22H18N2O3S. The second kappa shape index (κ2) is 8.54. The number of hydrogen-bond acceptors (Lipinski definition) is 5. The summed E-state index contributed by atoms with van der Waals surface area (Å²) < 4.78 is 11.2. The molecule has 140 valence electrons. The number of aromatic nitrogens is 1. The average molecular weight is 390 g/mol. The van der Waals surface area contributed by atoms with E-state index in [1.165, 1.54) is 0 Å². The van der Waals surface area contributed by atoms with Crippen LogP contribution >= 0.6 is 11.3 Å². The smallest absolute Gasteiger partial charge is 0.287 e. The maximum Gasteiger partial charge on any atom is 0.287 e. The van der Waals surface area contributed by atoms with Crippen LogP contribution in [-0.2, 0) is 13.2 Å². The quantitative estimate of drug-likeness (QED) is 0.487. The Hall–Kier alpha value is -3.38. The fourth-order valence-corrected chi connectivity index (χ4v) is 3.43. The van der Waals surface area contributed by atoms with E-state index in [4.69, 9.17) is 9.15 Å². The molecule has 2 aromatic carbocycles. The van der Waals surface area contributed by atoms with Gasteiger partial charge in [0.15, 0.2) is 5.76 Å². The van der Waals surface area contributed by atoms with Crippen LogP contribution in [0.4, 0.5) is 0 Å². The third-order valence-electron chi connectivity index (χ3n) is 4.01. The number of carbonyl (C=O) groups excluding carboxylic acids is 1. The average Bonchev–Trinajstić information content (AvgIpc) is 3.42. The van der Waals surface area contributed by atoms with Crippen LogP contribution in [0.15, 0.2) is 82.6 Å². The van der Waals surface area contributed by atoms with Gasteiger partial charge < -0.3 is 14.5 Å². The number of thiazole rings is 1. The number of benzene rings is 2. The lowest BCUT2D eigenvalue weighted by Gasteiger charge is -2.03. The molecule has 4 aromatic rings. The number of para-hydroxylation sites is 1. The highest BCUT2D eigenvalue weighted by atomic mass is 32.1. The lowest BCUT2D eigenvalue weighted by Crippen LogP contribution is -2.22. The van der Waals surface area contributed by atoms with Gasteiger partial charge in [0.1, 0.15) is 23.1 Å². The van der Waals surface area contributed by atoms with E-state index in [0.29, 0.717) is 12.3 Å². The van der Waals surface area contributed by atoms with Crippen molar-refractivity contribution >= 4 is 17.2 Å². The molecule has 1 N–H and O–H groups in total. The lowest BCUT2D eigenvalue weighted by molar-refractivity contribution is 0.0918. The fraction of sp³-hybridized carbons (Fsp3) is 0.0909. The standard InChI is InChI=1S/C22H18N2O3S/c25-21(20-12-11-19(27-20)14-26-18-9-5-2-6-10-18)23-13-17-15-28-22(24-17)16-7-3-1-4-8-16/h1-12,15H,13-14H2,(H,23,25). The maximum atomic E-state index is 12.3. The molecule has 0 saturated carbocycles. The van der Waals surface area contributed by atoms with Gasteiger partial charge in [-0.3, -0.25) is 4.79 Å². The summed E-state index contributed by atoms with van der Waals surface area (Å²) in [5, 5.41) is 5.72. The van der Waals surface area contributed by atoms with Crippen molar-refractivity contribution in [3.8, 4) is 16.3 Å². The van der Waals surface area contributed by atoms with Gasteiger partial charge in [0.2, 0.25) is 0 Å². The van der Waals surface area contributed by atoms with Crippen molar-refractivity contribution in [3.63, 3.8) is 0 Å². The van der Waals surface area contributed by atoms with Crippen molar-refractivity contribution in [1.82, 2.24) is 10.3 Å². The molecule has 0 fully saturated rings. The molecule has 2 aromatic heterocycles. The summed E-state index contributed by atoms with van der Waals surface area (Å²) in [4.78, 5) is 16.9. The number of nitrogens with one attached hydrogen (secondary N) is 1. The molecule has 0 aliphatic rings. The van der Waals surface area contributed by atoms with Crippen LogP contribution in [0, 0.1) is 0 Å². The van der Waals surface area contributed by atoms with Crippen LogP contribution in [0.1, 0.15) is 22.0 Å². The Balaban J connectivity index is 1.31. The second-order valence-electron chi connectivity index (χ2n) is 6.06. The molecule has 2 heterocycles. The van der Waals surface area contributed by atoms with Gasteiger partial charge in [-0.15, -0.1) is 11.3 Å². The molecule has 0 saturated heterocycles. The Morgan fingerprint density at radius 1 is 1.00 bits per heavy atom. The molecule has 5 nitrogen and oxygen atoms in total. The van der Waals surface area contributed by atoms with E-state index in [1.807, 2.05) is 66.0 Å². The second-order valence-corrected chi connectivity index (χ2v) is 6.92. The van der Waals surface area contributed by atoms with E-state index < -0.39 is 0 Å². The first-order chi connectivity index (χ1) is 13.8. The highest BCUT2D eigenvalue weighted by molar-refractivity contribution is 7.13. The number of rotatable bonds is 7. The minimum Gasteiger partial charge on any atom is -0.486 e. The summed E-state index contributed by atoms with van der Waals surface area (Å²) in [6, 6.07) is 22.8. The number of hydrogen-bond donors (Lipinski definition) is 1. The van der Waals surface area contributed by atoms with Crippen LogP contribution in [0.25, 0.3) is 10.6 Å². The zero-order valence-electron chi connectivity index (χ0n) is 15.0. The minimum atomic E-state index is -0.278. The molecule has 0 spiro atoms. The largest absolute Gasteiger partial charge is 0.486 e. The topological polar surface area (TPSA) is 64.4 Å². The van der Waals surface area contributed by atoms with Crippen LogP contribution < -0.4 is 10.1 Å². The number of carbonyl (C=O) groups is 1. The highest BCUT2D eigenvalue weighted by Crippen LogP contribution is 2.23. The maximum absolute atomic E-state index is 12.3. The van der Waals surface area contributed by atoms with Crippen molar-refractivity contribution < 1.29 is 13.9 Å². The Morgan fingerprint density at radius 3 is 2.54 bits per heavy atom. The van der Waals surface area contributed by atoms with Crippen molar-refractivity contribution in [3.05, 3.63) is 95.4 Å². The number of amides is 1. The number of furan rings is 1. The molecule has 0 radical (unpaired) electrons. The van der Waals surface area contributed by atoms with Crippen LogP contribution in [0.2, 0.25) is 0 Å². The van der Waals surface area contributed by atoms with Crippen LogP contribution in [0.5, 0.6) is 5.75 Å². The molecule has 4 rings (SSSR count). The zero-order valence-corrected chi connectivity index (χ0v) is 15.8. The van der Waals surface area contributed by atoms with Crippen LogP contribution in [0.3, 0.4) is 0 Å². The summed E-state index contributed by atoms with van der Waals surface area (Å²) >= 11 is 1.56. The van der Waals surface area contributed by atoms with Gasteiger partial charge >= 0.3 is 0 Å². The summed E-state index contributed by atoms with van der Waals surface area (Å²) in [5.74, 6) is 1.32. The Labute approximate surface area is 166 Å². The van der Waals surface area contributed by atoms with E-state index in [1.54, 1.807) is 23.5 Å². The monoisotopic (exact) mass is 390 g/mol. The summed E-state index contributed by atoms with van der Waals surface area (Å²) in [6.45, 7) is 0.614. The third kappa shape index (κ3) is 4.47. The molecule has 0 atom stereocenters. The molecule has 0 aliphatic carbocycles. The predicted octanol–water partition coefficient (Wildman–Crippen LogP) is 4.91. The van der Waals surface area contributed by atoms with Crippen molar-refractivity contribution in [1.29, 1.82) is 0 Å². The van der Waals surface area contributed by atoms with Crippen molar-refractivity contribution in [2.24, 2.45) is 0 Å². The van der Waals surface area contributed by atoms with E-state index in [9.17, 15) is 4.79 Å². The third-order valence-corrected chi connectivity index (χ3v) is 4.95. The molecule has 0 bridgehead atoms. The Bertz CT molecular complexity index is 1040. The van der Waals surface area contributed by atoms with Crippen molar-refractivity contribution in [2.45, 2.75) is 13.2 Å². The SMILES string of the molecule is O=C(NCc1csc(-c2ccccc2)n1)c1ccc(COc2ccccc2)o1. The first-order valence-corrected chi connectivity index (χ1v) is 9.70. The zero-order chi connectivity index (χ0) is 19.2. The van der Waals surface area contributed by atoms with E-state index in [2.05, 4.69) is 10.3 Å². The van der Waals surface area contributed by atoms with Gasteiger partial charge in [-0.1, -0.05) is 48.5 Å². The van der Waals surface area contributed by atoms with Gasteiger partial charge in [0.25, 0.3) is 5.91 Å². The van der Waals surface area contributed by atoms with Gasteiger partial charge in [0, 0.05) is 10.9 Å². The molecule has 28 heavy (non-hydrogen) atoms. The van der Waals surface area contributed by atoms with Gasteiger partial charge in [0.05, 0.1) is 12.2 Å². The summed E-state index contributed by atoms with van der Waals surface area (Å²) in [6.07, 6.45) is 0. The van der Waals surface area contributed by atoms with E-state index in [-0.39, 0.29) is 18.3 Å². The van der Waals surface area contributed by atoms with Crippen molar-refractivity contribution in [2.75, 3.05) is 0 Å². The highest BCUT2D eigenvalue weighted by Gasteiger charge is 2.12. The molecule has 6 heteroatoms. The molecule has 0 unspecified atom stereocenters. The Kier molecular flexibility index (Phi) is 5.49. The predicted molar refractivity (Wildman–Crippen MR) is 108 cm³/mol. The first-order valence-electron chi connectivity index (χ1n) is 8.82. The Morgan fingerprint density at radius 2 is 1.75 bits per heavy atom. The summed E-state index contributed by atoms with van der Waals surface area (Å²) in [5.41, 5.74) is 1.88. The fourth-order valence-electron chi connectivity index (χ4n) is 2.61. The van der Waals surface area contributed by atoms with E-state index >= 15 is 0 Å². The first kappa shape index (κ1) is 18.0. The van der Waals surface area contributed by atoms with Gasteiger partial charge in [-0.25, -0.2) is 4.98 Å². The molecular weight excluding hydrogens is 372 g/mol. The van der Waals surface area contributed by atoms with Gasteiger partial charge in [-0.2, -0.15) is 0 Å². The summed E-state index contributed by atoms with van der Waals surface area (Å²) in [7, 11) is 0. The van der Waals surface area contributed by atoms with Crippen LogP contribution in [-0.4, -0.2) is 10.9 Å². The number of nitrogens with zero attached hydrogens (tertiary/aromatic N) is 1. The minimum absolute atomic E-state index is 0.255. The van der Waals surface area contributed by atoms with Gasteiger partial charge in [-0.05, 0) is 24.3 Å².